The van der Waals surface area contributed by atoms with Crippen LogP contribution in [0.3, 0.4) is 0 Å². The van der Waals surface area contributed by atoms with Gasteiger partial charge in [0.25, 0.3) is 0 Å². The lowest BCUT2D eigenvalue weighted by Gasteiger charge is -2.38. The third-order valence-corrected chi connectivity index (χ3v) is 5.45. The first-order valence-corrected chi connectivity index (χ1v) is 10.1. The summed E-state index contributed by atoms with van der Waals surface area (Å²) in [6.45, 7) is 5.62. The van der Waals surface area contributed by atoms with Gasteiger partial charge in [-0.15, -0.1) is 0 Å². The molecule has 168 valence electrons. The number of fused-ring (bicyclic) bond motifs is 1. The van der Waals surface area contributed by atoms with Crippen molar-refractivity contribution >= 4 is 16.9 Å². The number of alkyl halides is 3. The zero-order chi connectivity index (χ0) is 21.5. The second kappa shape index (κ2) is 7.86. The minimum absolute atomic E-state index is 0. The summed E-state index contributed by atoms with van der Waals surface area (Å²) in [6.07, 6.45) is -1.06. The summed E-state index contributed by atoms with van der Waals surface area (Å²) in [7, 11) is 0. The molecule has 0 bridgehead atoms. The van der Waals surface area contributed by atoms with E-state index >= 15 is 0 Å². The van der Waals surface area contributed by atoms with Gasteiger partial charge in [0.2, 0.25) is 0 Å². The van der Waals surface area contributed by atoms with Crippen LogP contribution in [0.5, 0.6) is 0 Å². The minimum Gasteiger partial charge on any atom is -0.355 e. The molecular formula is C21H33F3N6. The van der Waals surface area contributed by atoms with Gasteiger partial charge in [-0.25, -0.2) is 9.97 Å². The standard InChI is InChI=1S/C21H25F3N6.4H2/c1-12(2)8-13-9-14(25)11-30(10-13)17-6-5-16(21(22,23)24)19(27-17)18-15-4-3-7-26-20(15)29-28-18;;;;/h3-7,12-14H,8-11,25H2,1-2H3,(H,26,28,29);4*1H/t13-,14+;;;;/m1..../s1. The number of halogens is 3. The van der Waals surface area contributed by atoms with Crippen molar-refractivity contribution < 1.29 is 18.9 Å². The largest absolute Gasteiger partial charge is 0.418 e. The van der Waals surface area contributed by atoms with Gasteiger partial charge in [0.1, 0.15) is 11.5 Å². The lowest BCUT2D eigenvalue weighted by atomic mass is 9.87. The summed E-state index contributed by atoms with van der Waals surface area (Å²) < 4.78 is 41.3. The van der Waals surface area contributed by atoms with Crippen LogP contribution in [0.4, 0.5) is 19.0 Å². The molecule has 0 aromatic carbocycles. The van der Waals surface area contributed by atoms with Crippen molar-refractivity contribution in [3.05, 3.63) is 36.0 Å². The molecule has 0 amide bonds. The van der Waals surface area contributed by atoms with Crippen LogP contribution in [0, 0.1) is 11.8 Å². The third-order valence-electron chi connectivity index (χ3n) is 5.45. The fraction of sp³-hybridized carbons (Fsp3) is 0.476. The van der Waals surface area contributed by atoms with E-state index in [1.807, 2.05) is 4.90 Å². The molecule has 9 heteroatoms. The van der Waals surface area contributed by atoms with Gasteiger partial charge >= 0.3 is 6.18 Å². The molecule has 1 saturated heterocycles. The Labute approximate surface area is 178 Å². The van der Waals surface area contributed by atoms with Crippen molar-refractivity contribution in [2.24, 2.45) is 17.6 Å². The fourth-order valence-electron chi connectivity index (χ4n) is 4.35. The van der Waals surface area contributed by atoms with Gasteiger partial charge in [0.15, 0.2) is 5.65 Å². The SMILES string of the molecule is CC(C)C[C@@H]1C[C@H](N)CN(c2ccc(C(F)(F)F)c(-c3[nH]nc4ncccc34)n2)C1.[HH].[HH].[HH].[HH]. The topological polar surface area (TPSA) is 83.7 Å². The number of hydrogen-bond acceptors (Lipinski definition) is 5. The number of nitrogens with one attached hydrogen (secondary N) is 1. The molecular weight excluding hydrogens is 393 g/mol. The molecule has 0 radical (unpaired) electrons. The average Bonchev–Trinajstić information content (AvgIpc) is 3.10. The van der Waals surface area contributed by atoms with Crippen LogP contribution >= 0.6 is 0 Å². The molecule has 3 aromatic rings. The molecule has 6 nitrogen and oxygen atoms in total. The molecule has 4 rings (SSSR count). The summed E-state index contributed by atoms with van der Waals surface area (Å²) in [5.74, 6) is 1.41. The highest BCUT2D eigenvalue weighted by atomic mass is 19.4. The van der Waals surface area contributed by atoms with Gasteiger partial charge in [-0.05, 0) is 48.9 Å². The zero-order valence-corrected chi connectivity index (χ0v) is 16.9. The van der Waals surface area contributed by atoms with Gasteiger partial charge in [-0.3, -0.25) is 5.10 Å². The van der Waals surface area contributed by atoms with Crippen molar-refractivity contribution in [3.8, 4) is 11.4 Å². The van der Waals surface area contributed by atoms with Crippen molar-refractivity contribution in [1.82, 2.24) is 20.2 Å². The van der Waals surface area contributed by atoms with Gasteiger partial charge in [0.05, 0.1) is 11.3 Å². The molecule has 1 aliphatic rings. The lowest BCUT2D eigenvalue weighted by Crippen LogP contribution is -2.47. The van der Waals surface area contributed by atoms with Gasteiger partial charge in [0, 0.05) is 36.4 Å². The first-order valence-electron chi connectivity index (χ1n) is 10.1. The predicted molar refractivity (Wildman–Crippen MR) is 118 cm³/mol. The second-order valence-corrected chi connectivity index (χ2v) is 8.43. The summed E-state index contributed by atoms with van der Waals surface area (Å²) in [6, 6.07) is 5.85. The molecule has 0 unspecified atom stereocenters. The number of pyridine rings is 2. The molecule has 3 aromatic heterocycles. The first kappa shape index (κ1) is 20.6. The smallest absolute Gasteiger partial charge is 0.355 e. The van der Waals surface area contributed by atoms with E-state index in [0.717, 1.165) is 25.5 Å². The minimum atomic E-state index is -4.54. The molecule has 0 spiro atoms. The molecule has 1 fully saturated rings. The summed E-state index contributed by atoms with van der Waals surface area (Å²) >= 11 is 0. The van der Waals surface area contributed by atoms with Crippen molar-refractivity contribution in [3.63, 3.8) is 0 Å². The molecule has 1 aliphatic heterocycles. The Hall–Kier alpha value is -2.68. The maximum absolute atomic E-state index is 13.8. The Bertz CT molecular complexity index is 1040. The van der Waals surface area contributed by atoms with E-state index in [-0.39, 0.29) is 23.1 Å². The number of hydrogen-bond donors (Lipinski definition) is 2. The van der Waals surface area contributed by atoms with Crippen molar-refractivity contribution in [2.45, 2.75) is 38.9 Å². The Morgan fingerprint density at radius 1 is 1.27 bits per heavy atom. The van der Waals surface area contributed by atoms with Gasteiger partial charge < -0.3 is 10.6 Å². The van der Waals surface area contributed by atoms with Crippen LogP contribution in [0.1, 0.15) is 38.0 Å². The summed E-state index contributed by atoms with van der Waals surface area (Å²) in [5, 5.41) is 7.24. The van der Waals surface area contributed by atoms with E-state index in [1.54, 1.807) is 18.3 Å². The molecule has 3 N–H and O–H groups in total. The second-order valence-electron chi connectivity index (χ2n) is 8.43. The van der Waals surface area contributed by atoms with E-state index in [1.165, 1.54) is 6.07 Å². The summed E-state index contributed by atoms with van der Waals surface area (Å²) in [5.41, 5.74) is 5.85. The van der Waals surface area contributed by atoms with Gasteiger partial charge in [-0.2, -0.15) is 18.3 Å². The lowest BCUT2D eigenvalue weighted by molar-refractivity contribution is -0.137. The number of nitrogens with two attached hydrogens (primary N) is 1. The Kier molecular flexibility index (Phi) is 5.40. The fourth-order valence-corrected chi connectivity index (χ4v) is 4.35. The number of aromatic nitrogens is 4. The van der Waals surface area contributed by atoms with E-state index in [0.29, 0.717) is 35.2 Å². The number of nitrogens with zero attached hydrogens (tertiary/aromatic N) is 4. The van der Waals surface area contributed by atoms with Crippen LogP contribution in [0.25, 0.3) is 22.4 Å². The van der Waals surface area contributed by atoms with Gasteiger partial charge in [-0.1, -0.05) is 13.8 Å². The highest BCUT2D eigenvalue weighted by Crippen LogP contribution is 2.39. The summed E-state index contributed by atoms with van der Waals surface area (Å²) in [4.78, 5) is 10.6. The maximum atomic E-state index is 13.8. The normalized spacial score (nSPS) is 20.3. The van der Waals surface area contributed by atoms with Crippen LogP contribution in [-0.4, -0.2) is 39.3 Å². The first-order chi connectivity index (χ1) is 14.2. The number of anilines is 1. The third kappa shape index (κ3) is 4.12. The Balaban J connectivity index is 0.00000272. The van der Waals surface area contributed by atoms with Crippen LogP contribution in [-0.2, 0) is 6.18 Å². The van der Waals surface area contributed by atoms with Crippen LogP contribution in [0.2, 0.25) is 0 Å². The highest BCUT2D eigenvalue weighted by Gasteiger charge is 2.36. The average molecular weight is 427 g/mol. The van der Waals surface area contributed by atoms with Crippen molar-refractivity contribution in [2.75, 3.05) is 18.0 Å². The number of rotatable bonds is 4. The molecule has 0 aliphatic carbocycles. The maximum Gasteiger partial charge on any atom is 0.418 e. The number of H-pyrrole nitrogens is 1. The molecule has 4 heterocycles. The molecule has 0 saturated carbocycles. The zero-order valence-electron chi connectivity index (χ0n) is 16.9. The quantitative estimate of drug-likeness (QED) is 0.597. The molecule has 30 heavy (non-hydrogen) atoms. The van der Waals surface area contributed by atoms with Crippen molar-refractivity contribution in [1.29, 1.82) is 0 Å². The van der Waals surface area contributed by atoms with Crippen LogP contribution < -0.4 is 10.6 Å². The van der Waals surface area contributed by atoms with E-state index < -0.39 is 11.7 Å². The monoisotopic (exact) mass is 426 g/mol. The Morgan fingerprint density at radius 2 is 2.07 bits per heavy atom. The Morgan fingerprint density at radius 3 is 2.80 bits per heavy atom. The number of piperidine rings is 1. The van der Waals surface area contributed by atoms with Crippen LogP contribution in [0.15, 0.2) is 30.5 Å². The highest BCUT2D eigenvalue weighted by molar-refractivity contribution is 5.90. The van der Waals surface area contributed by atoms with E-state index in [9.17, 15) is 13.2 Å². The van der Waals surface area contributed by atoms with E-state index in [2.05, 4.69) is 34.0 Å². The predicted octanol–water partition coefficient (Wildman–Crippen LogP) is 5.22. The number of aromatic amines is 1. The molecule has 2 atom stereocenters. The van der Waals surface area contributed by atoms with E-state index in [4.69, 9.17) is 5.73 Å².